The van der Waals surface area contributed by atoms with Gasteiger partial charge in [-0.15, -0.1) is 0 Å². The van der Waals surface area contributed by atoms with Crippen LogP contribution in [-0.2, 0) is 13.5 Å². The van der Waals surface area contributed by atoms with E-state index in [0.717, 1.165) is 43.9 Å². The minimum absolute atomic E-state index is 0.146. The molecule has 3 heterocycles. The fraction of sp³-hybridized carbons (Fsp3) is 0.750. The Balaban J connectivity index is 1.70. The van der Waals surface area contributed by atoms with Crippen molar-refractivity contribution in [3.05, 3.63) is 17.5 Å². The van der Waals surface area contributed by atoms with E-state index in [-0.39, 0.29) is 5.91 Å². The smallest absolute Gasteiger partial charge is 0.272 e. The first-order valence-electron chi connectivity index (χ1n) is 8.24. The molecule has 0 radical (unpaired) electrons. The lowest BCUT2D eigenvalue weighted by molar-refractivity contribution is 0.0640. The molecule has 2 unspecified atom stereocenters. The highest BCUT2D eigenvalue weighted by Gasteiger charge is 2.32. The van der Waals surface area contributed by atoms with Crippen LogP contribution in [0.15, 0.2) is 6.07 Å². The molecule has 1 amide bonds. The van der Waals surface area contributed by atoms with Gasteiger partial charge in [0.2, 0.25) is 0 Å². The Bertz CT molecular complexity index is 504. The summed E-state index contributed by atoms with van der Waals surface area (Å²) in [5.74, 6) is 0.761. The summed E-state index contributed by atoms with van der Waals surface area (Å²) >= 11 is 0. The number of nitrogens with one attached hydrogen (secondary N) is 1. The van der Waals surface area contributed by atoms with Crippen molar-refractivity contribution >= 4 is 5.91 Å². The topological polar surface area (TPSA) is 50.2 Å². The second kappa shape index (κ2) is 6.18. The Morgan fingerprint density at radius 2 is 2.29 bits per heavy atom. The van der Waals surface area contributed by atoms with Crippen LogP contribution in [0, 0.1) is 5.92 Å². The normalized spacial score (nSPS) is 26.3. The number of piperidine rings is 1. The second-order valence-corrected chi connectivity index (χ2v) is 6.35. The van der Waals surface area contributed by atoms with Gasteiger partial charge in [-0.3, -0.25) is 9.48 Å². The van der Waals surface area contributed by atoms with Gasteiger partial charge in [-0.2, -0.15) is 5.10 Å². The summed E-state index contributed by atoms with van der Waals surface area (Å²) in [6.07, 6.45) is 5.77. The van der Waals surface area contributed by atoms with Crippen molar-refractivity contribution in [2.75, 3.05) is 19.6 Å². The third kappa shape index (κ3) is 2.98. The van der Waals surface area contributed by atoms with E-state index in [0.29, 0.717) is 12.0 Å². The highest BCUT2D eigenvalue weighted by atomic mass is 16.2. The quantitative estimate of drug-likeness (QED) is 0.919. The first kappa shape index (κ1) is 14.6. The van der Waals surface area contributed by atoms with Gasteiger partial charge in [0.25, 0.3) is 5.91 Å². The Kier molecular flexibility index (Phi) is 4.29. The van der Waals surface area contributed by atoms with Crippen molar-refractivity contribution < 1.29 is 4.79 Å². The first-order chi connectivity index (χ1) is 10.2. The fourth-order valence-electron chi connectivity index (χ4n) is 3.70. The van der Waals surface area contributed by atoms with Crippen LogP contribution in [0.5, 0.6) is 0 Å². The predicted octanol–water partition coefficient (Wildman–Crippen LogP) is 1.59. The molecule has 1 aromatic heterocycles. The van der Waals surface area contributed by atoms with Gasteiger partial charge < -0.3 is 10.2 Å². The van der Waals surface area contributed by atoms with Crippen molar-refractivity contribution in [2.24, 2.45) is 13.0 Å². The van der Waals surface area contributed by atoms with Gasteiger partial charge in [0.1, 0.15) is 5.69 Å². The van der Waals surface area contributed by atoms with Gasteiger partial charge in [0.05, 0.1) is 5.69 Å². The molecule has 0 bridgehead atoms. The predicted molar refractivity (Wildman–Crippen MR) is 82.2 cm³/mol. The molecule has 3 rings (SSSR count). The summed E-state index contributed by atoms with van der Waals surface area (Å²) in [6.45, 7) is 4.98. The van der Waals surface area contributed by atoms with E-state index < -0.39 is 0 Å². The van der Waals surface area contributed by atoms with Crippen LogP contribution in [0.2, 0.25) is 0 Å². The highest BCUT2D eigenvalue weighted by molar-refractivity contribution is 5.92. The second-order valence-electron chi connectivity index (χ2n) is 6.35. The fourth-order valence-corrected chi connectivity index (χ4v) is 3.70. The maximum Gasteiger partial charge on any atom is 0.272 e. The van der Waals surface area contributed by atoms with Crippen LogP contribution in [0.25, 0.3) is 0 Å². The molecule has 2 saturated heterocycles. The lowest BCUT2D eigenvalue weighted by atomic mass is 9.89. The maximum absolute atomic E-state index is 12.8. The Labute approximate surface area is 126 Å². The number of nitrogens with zero attached hydrogens (tertiary/aromatic N) is 3. The molecule has 2 atom stereocenters. The highest BCUT2D eigenvalue weighted by Crippen LogP contribution is 2.25. The van der Waals surface area contributed by atoms with Crippen molar-refractivity contribution in [1.29, 1.82) is 0 Å². The van der Waals surface area contributed by atoms with Crippen molar-refractivity contribution in [1.82, 2.24) is 20.0 Å². The van der Waals surface area contributed by atoms with Crippen LogP contribution in [0.3, 0.4) is 0 Å². The van der Waals surface area contributed by atoms with Gasteiger partial charge in [0.15, 0.2) is 0 Å². The van der Waals surface area contributed by atoms with Crippen molar-refractivity contribution in [3.8, 4) is 0 Å². The summed E-state index contributed by atoms with van der Waals surface area (Å²) in [7, 11) is 1.87. The molecule has 0 spiro atoms. The molecule has 1 aromatic rings. The Morgan fingerprint density at radius 1 is 1.43 bits per heavy atom. The number of likely N-dealkylation sites (tertiary alicyclic amines) is 1. The maximum atomic E-state index is 12.8. The summed E-state index contributed by atoms with van der Waals surface area (Å²) in [5.41, 5.74) is 1.72. The van der Waals surface area contributed by atoms with Gasteiger partial charge >= 0.3 is 0 Å². The zero-order chi connectivity index (χ0) is 14.8. The zero-order valence-electron chi connectivity index (χ0n) is 13.1. The molecule has 116 valence electrons. The van der Waals surface area contributed by atoms with E-state index in [1.54, 1.807) is 4.68 Å². The number of aryl methyl sites for hydroxylation is 2. The van der Waals surface area contributed by atoms with Gasteiger partial charge in [-0.05, 0) is 50.6 Å². The summed E-state index contributed by atoms with van der Waals surface area (Å²) in [6, 6.07) is 2.55. The van der Waals surface area contributed by atoms with Gasteiger partial charge in [-0.1, -0.05) is 6.92 Å². The molecule has 0 aliphatic carbocycles. The number of aromatic nitrogens is 2. The average Bonchev–Trinajstić information content (AvgIpc) is 3.16. The van der Waals surface area contributed by atoms with Crippen LogP contribution in [0.1, 0.15) is 48.8 Å². The lowest BCUT2D eigenvalue weighted by Crippen LogP contribution is -2.46. The first-order valence-corrected chi connectivity index (χ1v) is 8.24. The van der Waals surface area contributed by atoms with E-state index in [9.17, 15) is 4.79 Å². The Morgan fingerprint density at radius 3 is 2.95 bits per heavy atom. The minimum atomic E-state index is 0.146. The molecular formula is C16H26N4O. The number of hydrogen-bond acceptors (Lipinski definition) is 3. The number of rotatable bonds is 3. The van der Waals surface area contributed by atoms with Crippen LogP contribution < -0.4 is 5.32 Å². The standard InChI is InChI=1S/C16H26N4O/c1-3-13-10-15(19(2)18-13)16(21)20-9-5-6-12(11-20)14-7-4-8-17-14/h10,12,14,17H,3-9,11H2,1-2H3. The number of carbonyl (C=O) groups excluding carboxylic acids is 1. The third-order valence-electron chi connectivity index (χ3n) is 4.92. The van der Waals surface area contributed by atoms with E-state index in [1.807, 2.05) is 18.0 Å². The molecule has 2 fully saturated rings. The van der Waals surface area contributed by atoms with Gasteiger partial charge in [0, 0.05) is 26.2 Å². The van der Waals surface area contributed by atoms with Crippen LogP contribution >= 0.6 is 0 Å². The monoisotopic (exact) mass is 290 g/mol. The van der Waals surface area contributed by atoms with E-state index in [1.165, 1.54) is 19.3 Å². The molecule has 2 aliphatic heterocycles. The molecule has 0 saturated carbocycles. The zero-order valence-corrected chi connectivity index (χ0v) is 13.1. The number of hydrogen-bond donors (Lipinski definition) is 1. The lowest BCUT2D eigenvalue weighted by Gasteiger charge is -2.35. The molecule has 5 nitrogen and oxygen atoms in total. The molecule has 1 N–H and O–H groups in total. The molecule has 2 aliphatic rings. The largest absolute Gasteiger partial charge is 0.337 e. The third-order valence-corrected chi connectivity index (χ3v) is 4.92. The average molecular weight is 290 g/mol. The summed E-state index contributed by atoms with van der Waals surface area (Å²) in [5, 5.41) is 7.99. The molecule has 0 aromatic carbocycles. The van der Waals surface area contributed by atoms with E-state index in [2.05, 4.69) is 17.3 Å². The SMILES string of the molecule is CCc1cc(C(=O)N2CCCC(C3CCCN3)C2)n(C)n1. The van der Waals surface area contributed by atoms with Gasteiger partial charge in [-0.25, -0.2) is 0 Å². The number of carbonyl (C=O) groups is 1. The number of amides is 1. The molecule has 5 heteroatoms. The van der Waals surface area contributed by atoms with E-state index >= 15 is 0 Å². The Hall–Kier alpha value is -1.36. The summed E-state index contributed by atoms with van der Waals surface area (Å²) < 4.78 is 1.73. The van der Waals surface area contributed by atoms with Crippen LogP contribution in [-0.4, -0.2) is 46.3 Å². The molecular weight excluding hydrogens is 264 g/mol. The molecule has 21 heavy (non-hydrogen) atoms. The van der Waals surface area contributed by atoms with E-state index in [4.69, 9.17) is 0 Å². The van der Waals surface area contributed by atoms with Crippen molar-refractivity contribution in [3.63, 3.8) is 0 Å². The van der Waals surface area contributed by atoms with Crippen molar-refractivity contribution in [2.45, 2.75) is 45.1 Å². The summed E-state index contributed by atoms with van der Waals surface area (Å²) in [4.78, 5) is 14.8. The van der Waals surface area contributed by atoms with Crippen LogP contribution in [0.4, 0.5) is 0 Å². The minimum Gasteiger partial charge on any atom is -0.337 e.